The van der Waals surface area contributed by atoms with Crippen molar-refractivity contribution < 1.29 is 4.52 Å². The third-order valence-electron chi connectivity index (χ3n) is 3.88. The van der Waals surface area contributed by atoms with Gasteiger partial charge in [0.15, 0.2) is 11.7 Å². The Labute approximate surface area is 151 Å². The number of aromatic nitrogens is 1. The summed E-state index contributed by atoms with van der Waals surface area (Å²) in [4.78, 5) is 5.63. The van der Waals surface area contributed by atoms with Crippen molar-refractivity contribution in [3.63, 3.8) is 0 Å². The van der Waals surface area contributed by atoms with E-state index in [2.05, 4.69) is 45.2 Å². The second-order valence-corrected chi connectivity index (χ2v) is 6.75. The molecule has 0 fully saturated rings. The highest BCUT2D eigenvalue weighted by Crippen LogP contribution is 2.20. The van der Waals surface area contributed by atoms with Gasteiger partial charge in [0.2, 0.25) is 0 Å². The molecule has 6 heteroatoms. The van der Waals surface area contributed by atoms with Gasteiger partial charge in [-0.15, -0.1) is 11.3 Å². The van der Waals surface area contributed by atoms with E-state index in [9.17, 15) is 0 Å². The first-order chi connectivity index (χ1) is 12.3. The van der Waals surface area contributed by atoms with Gasteiger partial charge in [0.05, 0.1) is 6.54 Å². The number of nitrogens with zero attached hydrogens (tertiary/aromatic N) is 2. The number of hydrogen-bond acceptors (Lipinski definition) is 4. The van der Waals surface area contributed by atoms with Crippen LogP contribution in [-0.2, 0) is 6.54 Å². The summed E-state index contributed by atoms with van der Waals surface area (Å²) in [6.07, 6.45) is 0. The summed E-state index contributed by atoms with van der Waals surface area (Å²) >= 11 is 1.78. The molecule has 0 radical (unpaired) electrons. The van der Waals surface area contributed by atoms with Gasteiger partial charge in [-0.05, 0) is 11.4 Å². The zero-order valence-corrected chi connectivity index (χ0v) is 15.2. The highest BCUT2D eigenvalue weighted by atomic mass is 32.1. The molecule has 25 heavy (non-hydrogen) atoms. The van der Waals surface area contributed by atoms with Gasteiger partial charge in [-0.2, -0.15) is 0 Å². The van der Waals surface area contributed by atoms with Crippen LogP contribution in [0.1, 0.15) is 23.4 Å². The quantitative estimate of drug-likeness (QED) is 0.521. The molecule has 1 atom stereocenters. The lowest BCUT2D eigenvalue weighted by Gasteiger charge is -2.14. The van der Waals surface area contributed by atoms with E-state index in [0.717, 1.165) is 29.5 Å². The van der Waals surface area contributed by atoms with E-state index in [1.165, 1.54) is 4.88 Å². The van der Waals surface area contributed by atoms with E-state index in [4.69, 9.17) is 4.52 Å². The Bertz CT molecular complexity index is 796. The normalized spacial score (nSPS) is 12.8. The second kappa shape index (κ2) is 8.48. The molecule has 130 valence electrons. The van der Waals surface area contributed by atoms with Gasteiger partial charge in [-0.1, -0.05) is 48.5 Å². The molecule has 5 nitrogen and oxygen atoms in total. The number of nitrogens with one attached hydrogen (secondary N) is 2. The maximum atomic E-state index is 5.41. The molecule has 0 aliphatic heterocycles. The van der Waals surface area contributed by atoms with Crippen LogP contribution in [0.25, 0.3) is 11.3 Å². The summed E-state index contributed by atoms with van der Waals surface area (Å²) in [6.45, 7) is 3.59. The van der Waals surface area contributed by atoms with E-state index in [-0.39, 0.29) is 0 Å². The van der Waals surface area contributed by atoms with Crippen LogP contribution in [0.3, 0.4) is 0 Å². The van der Waals surface area contributed by atoms with Crippen LogP contribution in [-0.4, -0.2) is 24.7 Å². The largest absolute Gasteiger partial charge is 0.356 e. The van der Waals surface area contributed by atoms with Crippen molar-refractivity contribution in [2.24, 2.45) is 4.99 Å². The smallest absolute Gasteiger partial charge is 0.191 e. The molecule has 0 saturated carbocycles. The van der Waals surface area contributed by atoms with Gasteiger partial charge in [-0.25, -0.2) is 0 Å². The lowest BCUT2D eigenvalue weighted by atomic mass is 10.1. The van der Waals surface area contributed by atoms with Crippen LogP contribution in [0.5, 0.6) is 0 Å². The van der Waals surface area contributed by atoms with Crippen molar-refractivity contribution in [3.8, 4) is 11.3 Å². The minimum Gasteiger partial charge on any atom is -0.356 e. The van der Waals surface area contributed by atoms with Gasteiger partial charge >= 0.3 is 0 Å². The average molecular weight is 354 g/mol. The van der Waals surface area contributed by atoms with Crippen molar-refractivity contribution in [2.45, 2.75) is 19.4 Å². The Morgan fingerprint density at radius 3 is 2.76 bits per heavy atom. The molecule has 2 N–H and O–H groups in total. The summed E-state index contributed by atoms with van der Waals surface area (Å²) in [5, 5.41) is 12.8. The van der Waals surface area contributed by atoms with Crippen molar-refractivity contribution in [2.75, 3.05) is 13.6 Å². The fourth-order valence-corrected chi connectivity index (χ4v) is 3.24. The minimum atomic E-state index is 0.440. The molecular formula is C19H22N4OS. The van der Waals surface area contributed by atoms with Crippen molar-refractivity contribution in [1.29, 1.82) is 0 Å². The number of aliphatic imine (C=N–C) groups is 1. The topological polar surface area (TPSA) is 62.5 Å². The number of rotatable bonds is 6. The van der Waals surface area contributed by atoms with Crippen LogP contribution in [0.4, 0.5) is 0 Å². The van der Waals surface area contributed by atoms with Crippen LogP contribution < -0.4 is 10.6 Å². The molecule has 0 spiro atoms. The van der Waals surface area contributed by atoms with Crippen molar-refractivity contribution in [3.05, 3.63) is 64.5 Å². The maximum absolute atomic E-state index is 5.41. The van der Waals surface area contributed by atoms with Gasteiger partial charge in [0.1, 0.15) is 5.69 Å². The lowest BCUT2D eigenvalue weighted by molar-refractivity contribution is 0.422. The fraction of sp³-hybridized carbons (Fsp3) is 0.263. The van der Waals surface area contributed by atoms with Gasteiger partial charge in [0.25, 0.3) is 0 Å². The third kappa shape index (κ3) is 4.70. The first-order valence-electron chi connectivity index (χ1n) is 8.25. The fourth-order valence-electron chi connectivity index (χ4n) is 2.45. The Hall–Kier alpha value is -2.60. The Balaban J connectivity index is 1.51. The van der Waals surface area contributed by atoms with Crippen LogP contribution in [0.15, 0.2) is 63.4 Å². The van der Waals surface area contributed by atoms with Crippen molar-refractivity contribution >= 4 is 17.3 Å². The molecule has 3 aromatic rings. The van der Waals surface area contributed by atoms with E-state index in [0.29, 0.717) is 12.5 Å². The van der Waals surface area contributed by atoms with Crippen LogP contribution >= 0.6 is 11.3 Å². The molecule has 2 aromatic heterocycles. The molecule has 2 heterocycles. The van der Waals surface area contributed by atoms with E-state index < -0.39 is 0 Å². The monoisotopic (exact) mass is 354 g/mol. The summed E-state index contributed by atoms with van der Waals surface area (Å²) < 4.78 is 5.41. The summed E-state index contributed by atoms with van der Waals surface area (Å²) in [5.74, 6) is 1.97. The molecule has 1 aromatic carbocycles. The highest BCUT2D eigenvalue weighted by Gasteiger charge is 2.09. The molecule has 0 saturated heterocycles. The molecule has 0 bridgehead atoms. The molecular weight excluding hydrogens is 332 g/mol. The Kier molecular flexibility index (Phi) is 5.85. The van der Waals surface area contributed by atoms with Gasteiger partial charge < -0.3 is 15.2 Å². The predicted molar refractivity (Wildman–Crippen MR) is 103 cm³/mol. The number of guanidine groups is 1. The van der Waals surface area contributed by atoms with Crippen LogP contribution in [0.2, 0.25) is 0 Å². The van der Waals surface area contributed by atoms with E-state index in [1.807, 2.05) is 36.4 Å². The zero-order valence-electron chi connectivity index (χ0n) is 14.4. The summed E-state index contributed by atoms with van der Waals surface area (Å²) in [5.41, 5.74) is 1.86. The highest BCUT2D eigenvalue weighted by molar-refractivity contribution is 7.10. The summed E-state index contributed by atoms with van der Waals surface area (Å²) in [6, 6.07) is 16.1. The molecule has 0 aliphatic carbocycles. The molecule has 0 amide bonds. The average Bonchev–Trinajstić information content (AvgIpc) is 3.34. The first-order valence-corrected chi connectivity index (χ1v) is 9.13. The maximum Gasteiger partial charge on any atom is 0.191 e. The van der Waals surface area contributed by atoms with Gasteiger partial charge in [-0.3, -0.25) is 4.99 Å². The lowest BCUT2D eigenvalue weighted by Crippen LogP contribution is -2.38. The Morgan fingerprint density at radius 1 is 1.20 bits per heavy atom. The Morgan fingerprint density at radius 2 is 2.04 bits per heavy atom. The van der Waals surface area contributed by atoms with Crippen LogP contribution in [0, 0.1) is 0 Å². The van der Waals surface area contributed by atoms with E-state index >= 15 is 0 Å². The zero-order chi connectivity index (χ0) is 17.5. The SMILES string of the molecule is CN=C(NCc1cc(-c2ccccc2)on1)NCC(C)c1cccs1. The van der Waals surface area contributed by atoms with E-state index in [1.54, 1.807) is 18.4 Å². The number of hydrogen-bond donors (Lipinski definition) is 2. The van der Waals surface area contributed by atoms with Crippen molar-refractivity contribution in [1.82, 2.24) is 15.8 Å². The predicted octanol–water partition coefficient (Wildman–Crippen LogP) is 3.87. The molecule has 1 unspecified atom stereocenters. The molecule has 0 aliphatic rings. The minimum absolute atomic E-state index is 0.440. The standard InChI is InChI=1S/C19H22N4OS/c1-14(18-9-6-10-25-18)12-21-19(20-2)22-13-16-11-17(24-23-16)15-7-4-3-5-8-15/h3-11,14H,12-13H2,1-2H3,(H2,20,21,22). The summed E-state index contributed by atoms with van der Waals surface area (Å²) in [7, 11) is 1.77. The van der Waals surface area contributed by atoms with Gasteiger partial charge in [0, 0.05) is 36.0 Å². The number of thiophene rings is 1. The first kappa shape index (κ1) is 17.2. The second-order valence-electron chi connectivity index (χ2n) is 5.77. The number of benzene rings is 1. The third-order valence-corrected chi connectivity index (χ3v) is 4.99. The molecule has 3 rings (SSSR count).